The molecule has 1 aromatic rings. The van der Waals surface area contributed by atoms with Gasteiger partial charge in [0.1, 0.15) is 5.75 Å². The summed E-state index contributed by atoms with van der Waals surface area (Å²) in [6.45, 7) is 2.94. The van der Waals surface area contributed by atoms with E-state index in [-0.39, 0.29) is 5.97 Å². The molecule has 0 radical (unpaired) electrons. The molecule has 1 aliphatic heterocycles. The second-order valence-electron chi connectivity index (χ2n) is 3.55. The average molecular weight is 218 g/mol. The molecule has 2 rings (SSSR count). The van der Waals surface area contributed by atoms with Gasteiger partial charge in [0.15, 0.2) is 0 Å². The van der Waals surface area contributed by atoms with Crippen LogP contribution in [0, 0.1) is 0 Å². The van der Waals surface area contributed by atoms with E-state index in [0.717, 1.165) is 24.3 Å². The number of hydrogen-bond acceptors (Lipinski definition) is 3. The SMILES string of the molecule is CCOC(=O)C=Cc1ccc2c(c1)CCO2. The molecular formula is C13H14O3. The third-order valence-corrected chi connectivity index (χ3v) is 2.41. The lowest BCUT2D eigenvalue weighted by Gasteiger charge is -1.99. The fourth-order valence-corrected chi connectivity index (χ4v) is 1.66. The molecule has 3 heteroatoms. The zero-order valence-electron chi connectivity index (χ0n) is 9.23. The van der Waals surface area contributed by atoms with Gasteiger partial charge in [-0.2, -0.15) is 0 Å². The van der Waals surface area contributed by atoms with Gasteiger partial charge in [0.25, 0.3) is 0 Å². The Morgan fingerprint density at radius 3 is 3.25 bits per heavy atom. The first kappa shape index (κ1) is 10.7. The molecule has 0 N–H and O–H groups in total. The third kappa shape index (κ3) is 2.42. The second-order valence-corrected chi connectivity index (χ2v) is 3.55. The van der Waals surface area contributed by atoms with E-state index in [9.17, 15) is 4.79 Å². The minimum Gasteiger partial charge on any atom is -0.493 e. The highest BCUT2D eigenvalue weighted by atomic mass is 16.5. The predicted octanol–water partition coefficient (Wildman–Crippen LogP) is 2.20. The van der Waals surface area contributed by atoms with Crippen molar-refractivity contribution in [1.82, 2.24) is 0 Å². The lowest BCUT2D eigenvalue weighted by Crippen LogP contribution is -1.98. The molecule has 84 valence electrons. The number of esters is 1. The summed E-state index contributed by atoms with van der Waals surface area (Å²) in [5.74, 6) is 0.646. The summed E-state index contributed by atoms with van der Waals surface area (Å²) >= 11 is 0. The van der Waals surface area contributed by atoms with E-state index in [2.05, 4.69) is 0 Å². The van der Waals surface area contributed by atoms with E-state index >= 15 is 0 Å². The van der Waals surface area contributed by atoms with Gasteiger partial charge in [-0.15, -0.1) is 0 Å². The Balaban J connectivity index is 2.08. The van der Waals surface area contributed by atoms with Crippen LogP contribution in [0.25, 0.3) is 6.08 Å². The van der Waals surface area contributed by atoms with Crippen molar-refractivity contribution in [3.05, 3.63) is 35.4 Å². The summed E-state index contributed by atoms with van der Waals surface area (Å²) in [6, 6.07) is 5.91. The molecule has 0 saturated carbocycles. The largest absolute Gasteiger partial charge is 0.493 e. The maximum absolute atomic E-state index is 11.1. The molecule has 0 bridgehead atoms. The van der Waals surface area contributed by atoms with Crippen molar-refractivity contribution < 1.29 is 14.3 Å². The van der Waals surface area contributed by atoms with Gasteiger partial charge < -0.3 is 9.47 Å². The maximum atomic E-state index is 11.1. The van der Waals surface area contributed by atoms with E-state index in [1.54, 1.807) is 13.0 Å². The smallest absolute Gasteiger partial charge is 0.330 e. The number of benzene rings is 1. The fraction of sp³-hybridized carbons (Fsp3) is 0.308. The molecule has 0 amide bonds. The van der Waals surface area contributed by atoms with Crippen molar-refractivity contribution in [2.75, 3.05) is 13.2 Å². The number of rotatable bonds is 3. The van der Waals surface area contributed by atoms with Gasteiger partial charge >= 0.3 is 5.97 Å². The van der Waals surface area contributed by atoms with Crippen molar-refractivity contribution in [2.45, 2.75) is 13.3 Å². The quantitative estimate of drug-likeness (QED) is 0.576. The average Bonchev–Trinajstić information content (AvgIpc) is 2.74. The first-order valence-electron chi connectivity index (χ1n) is 5.40. The van der Waals surface area contributed by atoms with Crippen LogP contribution in [0.5, 0.6) is 5.75 Å². The Hall–Kier alpha value is -1.77. The van der Waals surface area contributed by atoms with E-state index in [0.29, 0.717) is 6.61 Å². The van der Waals surface area contributed by atoms with Crippen LogP contribution >= 0.6 is 0 Å². The summed E-state index contributed by atoms with van der Waals surface area (Å²) in [5.41, 5.74) is 2.20. The molecule has 0 unspecified atom stereocenters. The summed E-state index contributed by atoms with van der Waals surface area (Å²) in [5, 5.41) is 0. The van der Waals surface area contributed by atoms with Crippen molar-refractivity contribution in [1.29, 1.82) is 0 Å². The summed E-state index contributed by atoms with van der Waals surface area (Å²) in [7, 11) is 0. The highest BCUT2D eigenvalue weighted by Gasteiger charge is 2.10. The second kappa shape index (κ2) is 4.84. The molecule has 0 fully saturated rings. The first-order chi connectivity index (χ1) is 7.79. The molecule has 1 heterocycles. The lowest BCUT2D eigenvalue weighted by atomic mass is 10.1. The Morgan fingerprint density at radius 2 is 2.44 bits per heavy atom. The number of ether oxygens (including phenoxy) is 2. The van der Waals surface area contributed by atoms with Crippen molar-refractivity contribution in [3.8, 4) is 5.75 Å². The maximum Gasteiger partial charge on any atom is 0.330 e. The molecule has 0 atom stereocenters. The van der Waals surface area contributed by atoms with Crippen molar-refractivity contribution in [3.63, 3.8) is 0 Å². The van der Waals surface area contributed by atoms with Crippen LogP contribution in [0.15, 0.2) is 24.3 Å². The molecule has 3 nitrogen and oxygen atoms in total. The summed E-state index contributed by atoms with van der Waals surface area (Å²) < 4.78 is 10.2. The molecule has 16 heavy (non-hydrogen) atoms. The standard InChI is InChI=1S/C13H14O3/c1-2-15-13(14)6-4-10-3-5-12-11(9-10)7-8-16-12/h3-6,9H,2,7-8H2,1H3. The zero-order valence-corrected chi connectivity index (χ0v) is 9.23. The monoisotopic (exact) mass is 218 g/mol. The van der Waals surface area contributed by atoms with Crippen LogP contribution in [0.2, 0.25) is 0 Å². The van der Waals surface area contributed by atoms with E-state index in [4.69, 9.17) is 9.47 Å². The Kier molecular flexibility index (Phi) is 3.25. The Bertz CT molecular complexity index is 421. The van der Waals surface area contributed by atoms with Crippen LogP contribution in [0.4, 0.5) is 0 Å². The fourth-order valence-electron chi connectivity index (χ4n) is 1.66. The van der Waals surface area contributed by atoms with Crippen LogP contribution in [-0.4, -0.2) is 19.2 Å². The summed E-state index contributed by atoms with van der Waals surface area (Å²) in [6.07, 6.45) is 4.15. The highest BCUT2D eigenvalue weighted by molar-refractivity contribution is 5.87. The molecular weight excluding hydrogens is 204 g/mol. The molecule has 0 aliphatic carbocycles. The first-order valence-corrected chi connectivity index (χ1v) is 5.40. The normalized spacial score (nSPS) is 13.6. The van der Waals surface area contributed by atoms with Crippen molar-refractivity contribution >= 4 is 12.0 Å². The lowest BCUT2D eigenvalue weighted by molar-refractivity contribution is -0.137. The van der Waals surface area contributed by atoms with Gasteiger partial charge in [-0.1, -0.05) is 6.07 Å². The minimum atomic E-state index is -0.306. The zero-order chi connectivity index (χ0) is 11.4. The summed E-state index contributed by atoms with van der Waals surface area (Å²) in [4.78, 5) is 11.1. The van der Waals surface area contributed by atoms with E-state index in [1.807, 2.05) is 18.2 Å². The van der Waals surface area contributed by atoms with E-state index < -0.39 is 0 Å². The van der Waals surface area contributed by atoms with Crippen LogP contribution in [0.1, 0.15) is 18.1 Å². The van der Waals surface area contributed by atoms with Gasteiger partial charge in [0.05, 0.1) is 13.2 Å². The van der Waals surface area contributed by atoms with Crippen LogP contribution in [0.3, 0.4) is 0 Å². The topological polar surface area (TPSA) is 35.5 Å². The number of carbonyl (C=O) groups is 1. The number of carbonyl (C=O) groups excluding carboxylic acids is 1. The molecule has 1 aromatic carbocycles. The number of hydrogen-bond donors (Lipinski definition) is 0. The van der Waals surface area contributed by atoms with Crippen LogP contribution < -0.4 is 4.74 Å². The van der Waals surface area contributed by atoms with Gasteiger partial charge in [0.2, 0.25) is 0 Å². The molecule has 0 saturated heterocycles. The predicted molar refractivity (Wildman–Crippen MR) is 61.3 cm³/mol. The third-order valence-electron chi connectivity index (χ3n) is 2.41. The highest BCUT2D eigenvalue weighted by Crippen LogP contribution is 2.26. The van der Waals surface area contributed by atoms with Gasteiger partial charge in [-0.25, -0.2) is 4.79 Å². The Labute approximate surface area is 94.7 Å². The number of fused-ring (bicyclic) bond motifs is 1. The van der Waals surface area contributed by atoms with Crippen molar-refractivity contribution in [2.24, 2.45) is 0 Å². The van der Waals surface area contributed by atoms with Crippen LogP contribution in [-0.2, 0) is 16.0 Å². The molecule has 0 aromatic heterocycles. The van der Waals surface area contributed by atoms with Gasteiger partial charge in [0, 0.05) is 12.5 Å². The van der Waals surface area contributed by atoms with E-state index in [1.165, 1.54) is 11.6 Å². The van der Waals surface area contributed by atoms with Gasteiger partial charge in [-0.3, -0.25) is 0 Å². The minimum absolute atomic E-state index is 0.306. The Morgan fingerprint density at radius 1 is 1.56 bits per heavy atom. The molecule has 1 aliphatic rings. The molecule has 0 spiro atoms. The van der Waals surface area contributed by atoms with Gasteiger partial charge in [-0.05, 0) is 36.3 Å².